The Balaban J connectivity index is 3.20. The summed E-state index contributed by atoms with van der Waals surface area (Å²) in [6, 6.07) is 3.84. The van der Waals surface area contributed by atoms with E-state index in [0.29, 0.717) is 6.07 Å². The summed E-state index contributed by atoms with van der Waals surface area (Å²) in [7, 11) is 0. The van der Waals surface area contributed by atoms with Crippen LogP contribution in [0.25, 0.3) is 0 Å². The van der Waals surface area contributed by atoms with Crippen LogP contribution in [0.3, 0.4) is 0 Å². The molecule has 0 aliphatic carbocycles. The van der Waals surface area contributed by atoms with Gasteiger partial charge in [0.2, 0.25) is 0 Å². The van der Waals surface area contributed by atoms with Crippen LogP contribution in [0.15, 0.2) is 18.2 Å². The van der Waals surface area contributed by atoms with Crippen molar-refractivity contribution in [2.45, 2.75) is 0 Å². The van der Waals surface area contributed by atoms with E-state index in [1.165, 1.54) is 0 Å². The van der Waals surface area contributed by atoms with Crippen LogP contribution in [-0.4, -0.2) is 12.1 Å². The molecule has 1 aromatic rings. The van der Waals surface area contributed by atoms with Crippen LogP contribution in [0.4, 0.5) is 12.9 Å². The van der Waals surface area contributed by atoms with Crippen LogP contribution >= 0.6 is 0 Å². The molecule has 0 aliphatic rings. The van der Waals surface area contributed by atoms with Gasteiger partial charge in [0.25, 0.3) is 0 Å². The number of phenolic OH excluding ortho intramolecular Hbond substituents is 1. The molecule has 0 aromatic heterocycles. The molecule has 1 N–H and O–H groups in total. The van der Waals surface area contributed by atoms with Gasteiger partial charge in [0, 0.05) is 0 Å². The molecule has 0 bridgehead atoms. The Morgan fingerprint density at radius 2 is 1.92 bits per heavy atom. The van der Waals surface area contributed by atoms with Gasteiger partial charge in [-0.3, -0.25) is 0 Å². The number of halogens is 3. The van der Waals surface area contributed by atoms with E-state index < -0.39 is 18.2 Å². The zero-order valence-electron chi connectivity index (χ0n) is 6.34. The molecule has 0 saturated carbocycles. The first-order chi connectivity index (χ1) is 5.95. The zero-order valence-corrected chi connectivity index (χ0v) is 6.34. The Morgan fingerprint density at radius 3 is 2.31 bits per heavy atom. The lowest BCUT2D eigenvalue weighted by molar-refractivity contribution is 0.471. The summed E-state index contributed by atoms with van der Waals surface area (Å²) in [4.78, 5) is 0. The first-order valence-electron chi connectivity index (χ1n) is 3.38. The molecule has 13 heavy (non-hydrogen) atoms. The molecule has 0 fully saturated rings. The molecule has 0 atom stereocenters. The van der Waals surface area contributed by atoms with Gasteiger partial charge in [-0.05, 0) is 12.1 Å². The topological polar surface area (TPSA) is 44.0 Å². The Kier molecular flexibility index (Phi) is 2.19. The van der Waals surface area contributed by atoms with Crippen molar-refractivity contribution in [1.82, 2.24) is 0 Å². The molecule has 0 unspecified atom stereocenters. The summed E-state index contributed by atoms with van der Waals surface area (Å²) in [5, 5.41) is 17.3. The molecule has 1 aromatic carbocycles. The summed E-state index contributed by atoms with van der Waals surface area (Å²) in [5.41, 5.74) is -1.07. The van der Waals surface area contributed by atoms with E-state index in [2.05, 4.69) is 0 Å². The third-order valence-electron chi connectivity index (χ3n) is 1.52. The van der Waals surface area contributed by atoms with Gasteiger partial charge in [-0.25, -0.2) is 0 Å². The van der Waals surface area contributed by atoms with Crippen molar-refractivity contribution in [2.24, 2.45) is 0 Å². The maximum Gasteiger partial charge on any atom is 0.509 e. The monoisotopic (exact) mass is 186 g/mol. The average Bonchev–Trinajstić information content (AvgIpc) is 2.02. The zero-order chi connectivity index (χ0) is 10.1. The van der Waals surface area contributed by atoms with Crippen LogP contribution < -0.4 is 5.46 Å². The number of hydrogen-bond donors (Lipinski definition) is 1. The van der Waals surface area contributed by atoms with Crippen LogP contribution in [-0.2, 0) is 0 Å². The molecule has 0 aliphatic heterocycles. The van der Waals surface area contributed by atoms with Crippen molar-refractivity contribution in [3.63, 3.8) is 0 Å². The normalized spacial score (nSPS) is 10.9. The molecule has 0 radical (unpaired) electrons. The number of phenols is 1. The van der Waals surface area contributed by atoms with Gasteiger partial charge in [-0.2, -0.15) is 5.26 Å². The van der Waals surface area contributed by atoms with E-state index in [0.717, 1.165) is 12.1 Å². The highest BCUT2D eigenvalue weighted by Gasteiger charge is 2.26. The number of rotatable bonds is 1. The predicted octanol–water partition coefficient (Wildman–Crippen LogP) is 1.32. The van der Waals surface area contributed by atoms with Crippen molar-refractivity contribution in [3.05, 3.63) is 23.8 Å². The Morgan fingerprint density at radius 1 is 1.31 bits per heavy atom. The molecule has 6 heteroatoms. The molecule has 0 heterocycles. The van der Waals surface area contributed by atoms with E-state index in [1.807, 2.05) is 0 Å². The number of hydrogen-bond acceptors (Lipinski definition) is 2. The van der Waals surface area contributed by atoms with Crippen molar-refractivity contribution in [1.29, 1.82) is 5.26 Å². The average molecular weight is 186 g/mol. The van der Waals surface area contributed by atoms with Crippen LogP contribution in [0, 0.1) is 11.3 Å². The lowest BCUT2D eigenvalue weighted by Gasteiger charge is -2.14. The van der Waals surface area contributed by atoms with Gasteiger partial charge in [-0.1, -0.05) is 6.07 Å². The largest absolute Gasteiger partial charge is 0.509 e. The third kappa shape index (κ3) is 1.93. The van der Waals surface area contributed by atoms with Crippen molar-refractivity contribution >= 4 is 12.4 Å². The second-order valence-corrected chi connectivity index (χ2v) is 2.46. The molecule has 2 nitrogen and oxygen atoms in total. The maximum absolute atomic E-state index is 12.1. The number of benzene rings is 1. The summed E-state index contributed by atoms with van der Waals surface area (Å²) in [5.74, 6) is -0.640. The van der Waals surface area contributed by atoms with Crippen LogP contribution in [0.2, 0.25) is 0 Å². The summed E-state index contributed by atoms with van der Waals surface area (Å²) >= 11 is 0. The van der Waals surface area contributed by atoms with E-state index in [9.17, 15) is 12.9 Å². The molecule has 0 amide bonds. The van der Waals surface area contributed by atoms with E-state index >= 15 is 0 Å². The second-order valence-electron chi connectivity index (χ2n) is 2.46. The predicted molar refractivity (Wildman–Crippen MR) is 41.5 cm³/mol. The molecule has 0 spiro atoms. The minimum atomic E-state index is -5.11. The molecular formula is C7H4BF3NO-. The fourth-order valence-corrected chi connectivity index (χ4v) is 0.847. The Bertz CT molecular complexity index is 369. The highest BCUT2D eigenvalue weighted by atomic mass is 19.4. The van der Waals surface area contributed by atoms with Gasteiger partial charge in [0.05, 0.1) is 5.56 Å². The molecular weight excluding hydrogens is 182 g/mol. The van der Waals surface area contributed by atoms with Gasteiger partial charge >= 0.3 is 6.98 Å². The minimum absolute atomic E-state index is 0.163. The highest BCUT2D eigenvalue weighted by Crippen LogP contribution is 2.17. The standard InChI is InChI=1S/C7H4BF3NO/c9-8(10,11)6-2-1-5(4-12)7(13)3-6/h1-3,13H/q-1. The van der Waals surface area contributed by atoms with Crippen LogP contribution in [0.5, 0.6) is 5.75 Å². The van der Waals surface area contributed by atoms with Crippen LogP contribution in [0.1, 0.15) is 5.56 Å². The van der Waals surface area contributed by atoms with Gasteiger partial charge in [0.15, 0.2) is 0 Å². The fraction of sp³-hybridized carbons (Fsp3) is 0. The summed E-state index contributed by atoms with van der Waals surface area (Å²) in [6.45, 7) is -5.11. The minimum Gasteiger partial charge on any atom is -0.507 e. The first kappa shape index (κ1) is 9.45. The number of nitriles is 1. The van der Waals surface area contributed by atoms with Crippen molar-refractivity contribution in [2.75, 3.05) is 0 Å². The van der Waals surface area contributed by atoms with E-state index in [1.54, 1.807) is 6.07 Å². The molecule has 1 rings (SSSR count). The first-order valence-corrected chi connectivity index (χ1v) is 3.38. The van der Waals surface area contributed by atoms with E-state index in [-0.39, 0.29) is 5.56 Å². The quantitative estimate of drug-likeness (QED) is 0.672. The molecule has 68 valence electrons. The van der Waals surface area contributed by atoms with Gasteiger partial charge < -0.3 is 18.1 Å². The van der Waals surface area contributed by atoms with E-state index in [4.69, 9.17) is 10.4 Å². The Labute approximate surface area is 72.3 Å². The number of nitrogens with zero attached hydrogens (tertiary/aromatic N) is 1. The fourth-order valence-electron chi connectivity index (χ4n) is 0.847. The number of aromatic hydroxyl groups is 1. The SMILES string of the molecule is N#Cc1ccc([B-](F)(F)F)cc1O. The summed E-state index contributed by atoms with van der Waals surface area (Å²) in [6.07, 6.45) is 0. The molecule has 0 saturated heterocycles. The van der Waals surface area contributed by atoms with Gasteiger partial charge in [-0.15, -0.1) is 5.46 Å². The highest BCUT2D eigenvalue weighted by molar-refractivity contribution is 6.73. The third-order valence-corrected chi connectivity index (χ3v) is 1.52. The lowest BCUT2D eigenvalue weighted by Crippen LogP contribution is -2.33. The summed E-state index contributed by atoms with van der Waals surface area (Å²) < 4.78 is 36.2. The van der Waals surface area contributed by atoms with Crippen molar-refractivity contribution in [3.8, 4) is 11.8 Å². The Hall–Kier alpha value is -1.64. The lowest BCUT2D eigenvalue weighted by atomic mass is 9.80. The van der Waals surface area contributed by atoms with Crippen molar-refractivity contribution < 1.29 is 18.1 Å². The van der Waals surface area contributed by atoms with Gasteiger partial charge in [0.1, 0.15) is 11.8 Å². The maximum atomic E-state index is 12.1. The smallest absolute Gasteiger partial charge is 0.507 e. The second kappa shape index (κ2) is 3.01.